The van der Waals surface area contributed by atoms with Crippen molar-refractivity contribution in [2.24, 2.45) is 0 Å². The highest BCUT2D eigenvalue weighted by molar-refractivity contribution is 6.42. The summed E-state index contributed by atoms with van der Waals surface area (Å²) in [6.07, 6.45) is 3.75. The van der Waals surface area contributed by atoms with Gasteiger partial charge in [-0.15, -0.1) is 0 Å². The molecule has 0 aliphatic heterocycles. The van der Waals surface area contributed by atoms with Crippen LogP contribution in [0.5, 0.6) is 0 Å². The van der Waals surface area contributed by atoms with Crippen LogP contribution in [-0.4, -0.2) is 23.0 Å². The van der Waals surface area contributed by atoms with Gasteiger partial charge in [0.2, 0.25) is 0 Å². The molecule has 2 nitrogen and oxygen atoms in total. The number of pyridine rings is 1. The van der Waals surface area contributed by atoms with E-state index in [9.17, 15) is 0 Å². The largest absolute Gasteiger partial charge is 0.300 e. The van der Waals surface area contributed by atoms with E-state index in [1.54, 1.807) is 0 Å². The molecular weight excluding hydrogens is 291 g/mol. The number of hydrogen-bond donors (Lipinski definition) is 0. The molecule has 106 valence electrons. The lowest BCUT2D eigenvalue weighted by Gasteiger charge is -2.21. The third kappa shape index (κ3) is 3.72. The predicted octanol–water partition coefficient (Wildman–Crippen LogP) is 4.90. The van der Waals surface area contributed by atoms with Crippen molar-refractivity contribution in [1.29, 1.82) is 0 Å². The van der Waals surface area contributed by atoms with Crippen molar-refractivity contribution in [3.8, 4) is 11.1 Å². The first-order chi connectivity index (χ1) is 9.47. The van der Waals surface area contributed by atoms with Gasteiger partial charge in [0.15, 0.2) is 0 Å². The Hall–Kier alpha value is -1.09. The number of benzene rings is 1. The Labute approximate surface area is 130 Å². The number of aromatic nitrogens is 1. The van der Waals surface area contributed by atoms with Crippen LogP contribution in [0.2, 0.25) is 10.0 Å². The zero-order chi connectivity index (χ0) is 14.7. The molecule has 0 bridgehead atoms. The van der Waals surface area contributed by atoms with E-state index in [1.165, 1.54) is 5.56 Å². The minimum absolute atomic E-state index is 0.503. The second-order valence-corrected chi connectivity index (χ2v) is 6.03. The highest BCUT2D eigenvalue weighted by atomic mass is 35.5. The van der Waals surface area contributed by atoms with Crippen LogP contribution in [0, 0.1) is 0 Å². The van der Waals surface area contributed by atoms with E-state index in [4.69, 9.17) is 23.2 Å². The van der Waals surface area contributed by atoms with E-state index < -0.39 is 0 Å². The van der Waals surface area contributed by atoms with Gasteiger partial charge in [0.05, 0.1) is 10.0 Å². The van der Waals surface area contributed by atoms with Gasteiger partial charge >= 0.3 is 0 Å². The summed E-state index contributed by atoms with van der Waals surface area (Å²) in [5.41, 5.74) is 3.27. The number of rotatable bonds is 4. The summed E-state index contributed by atoms with van der Waals surface area (Å²) in [7, 11) is 2.11. The minimum Gasteiger partial charge on any atom is -0.300 e. The van der Waals surface area contributed by atoms with Gasteiger partial charge in [-0.1, -0.05) is 29.3 Å². The second kappa shape index (κ2) is 6.57. The fourth-order valence-electron chi connectivity index (χ4n) is 1.88. The summed E-state index contributed by atoms with van der Waals surface area (Å²) in [5.74, 6) is 0. The van der Waals surface area contributed by atoms with Crippen molar-refractivity contribution in [3.63, 3.8) is 0 Å². The average molecular weight is 309 g/mol. The van der Waals surface area contributed by atoms with Gasteiger partial charge in [-0.25, -0.2) is 0 Å². The molecule has 2 rings (SSSR count). The maximum atomic E-state index is 6.07. The van der Waals surface area contributed by atoms with E-state index in [-0.39, 0.29) is 0 Å². The van der Waals surface area contributed by atoms with Crippen molar-refractivity contribution in [3.05, 3.63) is 52.3 Å². The first kappa shape index (κ1) is 15.3. The van der Waals surface area contributed by atoms with Crippen LogP contribution in [0.1, 0.15) is 19.4 Å². The topological polar surface area (TPSA) is 16.1 Å². The first-order valence-electron chi connectivity index (χ1n) is 6.57. The van der Waals surface area contributed by atoms with Crippen molar-refractivity contribution >= 4 is 23.2 Å². The molecule has 0 saturated carbocycles. The van der Waals surface area contributed by atoms with Crippen LogP contribution < -0.4 is 0 Å². The molecule has 0 fully saturated rings. The van der Waals surface area contributed by atoms with Crippen LogP contribution in [0.25, 0.3) is 11.1 Å². The van der Waals surface area contributed by atoms with Gasteiger partial charge in [-0.2, -0.15) is 0 Å². The van der Waals surface area contributed by atoms with Crippen LogP contribution in [0.3, 0.4) is 0 Å². The molecule has 0 amide bonds. The first-order valence-corrected chi connectivity index (χ1v) is 7.32. The maximum Gasteiger partial charge on any atom is 0.0598 e. The van der Waals surface area contributed by atoms with Crippen molar-refractivity contribution in [1.82, 2.24) is 9.88 Å². The van der Waals surface area contributed by atoms with Gasteiger partial charge in [-0.3, -0.25) is 9.88 Å². The molecule has 0 N–H and O–H groups in total. The van der Waals surface area contributed by atoms with E-state index >= 15 is 0 Å². The molecule has 0 aliphatic rings. The Kier molecular flexibility index (Phi) is 5.03. The minimum atomic E-state index is 0.503. The molecule has 0 unspecified atom stereocenters. The number of halogens is 2. The van der Waals surface area contributed by atoms with Crippen molar-refractivity contribution in [2.75, 3.05) is 7.05 Å². The third-order valence-corrected chi connectivity index (χ3v) is 4.10. The smallest absolute Gasteiger partial charge is 0.0598 e. The van der Waals surface area contributed by atoms with Crippen LogP contribution >= 0.6 is 23.2 Å². The molecule has 20 heavy (non-hydrogen) atoms. The zero-order valence-corrected chi connectivity index (χ0v) is 13.4. The molecule has 1 aromatic carbocycles. The summed E-state index contributed by atoms with van der Waals surface area (Å²) in [5, 5.41) is 1.13. The lowest BCUT2D eigenvalue weighted by molar-refractivity contribution is 0.265. The Bertz CT molecular complexity index is 597. The zero-order valence-electron chi connectivity index (χ0n) is 11.9. The highest BCUT2D eigenvalue weighted by Crippen LogP contribution is 2.28. The average Bonchev–Trinajstić information content (AvgIpc) is 2.42. The molecule has 4 heteroatoms. The van der Waals surface area contributed by atoms with Crippen LogP contribution in [0.15, 0.2) is 36.7 Å². The van der Waals surface area contributed by atoms with Crippen LogP contribution in [-0.2, 0) is 6.54 Å². The molecule has 0 saturated heterocycles. The summed E-state index contributed by atoms with van der Waals surface area (Å²) in [6.45, 7) is 5.23. The summed E-state index contributed by atoms with van der Waals surface area (Å²) < 4.78 is 0. The standard InChI is InChI=1S/C16H18Cl2N2/c1-11(2)20(3)10-12-6-14(9-19-8-12)13-4-5-15(17)16(18)7-13/h4-9,11H,10H2,1-3H3. The fourth-order valence-corrected chi connectivity index (χ4v) is 2.18. The summed E-state index contributed by atoms with van der Waals surface area (Å²) in [6, 6.07) is 8.29. The van der Waals surface area contributed by atoms with Gasteiger partial charge in [-0.05, 0) is 50.2 Å². The molecule has 0 aliphatic carbocycles. The van der Waals surface area contributed by atoms with E-state index in [0.29, 0.717) is 16.1 Å². The molecule has 1 heterocycles. The normalized spacial score (nSPS) is 11.3. The number of nitrogens with zero attached hydrogens (tertiary/aromatic N) is 2. The Morgan fingerprint density at radius 1 is 1.05 bits per heavy atom. The van der Waals surface area contributed by atoms with E-state index in [2.05, 4.69) is 36.8 Å². The monoisotopic (exact) mass is 308 g/mol. The molecule has 0 atom stereocenters. The second-order valence-electron chi connectivity index (χ2n) is 5.22. The number of hydrogen-bond acceptors (Lipinski definition) is 2. The lowest BCUT2D eigenvalue weighted by atomic mass is 10.1. The molecule has 1 aromatic heterocycles. The van der Waals surface area contributed by atoms with Crippen LogP contribution in [0.4, 0.5) is 0 Å². The molecular formula is C16H18Cl2N2. The SMILES string of the molecule is CC(C)N(C)Cc1cncc(-c2ccc(Cl)c(Cl)c2)c1. The highest BCUT2D eigenvalue weighted by Gasteiger charge is 2.07. The van der Waals surface area contributed by atoms with E-state index in [1.807, 2.05) is 30.6 Å². The molecule has 0 spiro atoms. The summed E-state index contributed by atoms with van der Waals surface area (Å²) in [4.78, 5) is 6.60. The van der Waals surface area contributed by atoms with Crippen molar-refractivity contribution in [2.45, 2.75) is 26.4 Å². The van der Waals surface area contributed by atoms with Gasteiger partial charge in [0, 0.05) is 30.5 Å². The maximum absolute atomic E-state index is 6.07. The van der Waals surface area contributed by atoms with Crippen molar-refractivity contribution < 1.29 is 0 Å². The molecule has 0 radical (unpaired) electrons. The van der Waals surface area contributed by atoms with Gasteiger partial charge in [0.1, 0.15) is 0 Å². The van der Waals surface area contributed by atoms with Gasteiger partial charge in [0.25, 0.3) is 0 Å². The third-order valence-electron chi connectivity index (χ3n) is 3.36. The Balaban J connectivity index is 2.27. The fraction of sp³-hybridized carbons (Fsp3) is 0.312. The Morgan fingerprint density at radius 2 is 1.80 bits per heavy atom. The summed E-state index contributed by atoms with van der Waals surface area (Å²) >= 11 is 12.0. The predicted molar refractivity (Wildman–Crippen MR) is 86.3 cm³/mol. The van der Waals surface area contributed by atoms with Gasteiger partial charge < -0.3 is 0 Å². The quantitative estimate of drug-likeness (QED) is 0.799. The lowest BCUT2D eigenvalue weighted by Crippen LogP contribution is -2.25. The molecule has 2 aromatic rings. The van der Waals surface area contributed by atoms with E-state index in [0.717, 1.165) is 17.7 Å². The Morgan fingerprint density at radius 3 is 2.45 bits per heavy atom.